The van der Waals surface area contributed by atoms with E-state index in [1.165, 1.54) is 6.07 Å². The number of fused-ring (bicyclic) bond motifs is 1. The van der Waals surface area contributed by atoms with E-state index in [4.69, 9.17) is 15.5 Å². The van der Waals surface area contributed by atoms with Crippen LogP contribution in [0.1, 0.15) is 26.4 Å². The van der Waals surface area contributed by atoms with Crippen LogP contribution in [0.4, 0.5) is 8.78 Å². The molecule has 4 N–H and O–H groups in total. The fourth-order valence-corrected chi connectivity index (χ4v) is 5.63. The first-order valence-corrected chi connectivity index (χ1v) is 10.7. The summed E-state index contributed by atoms with van der Waals surface area (Å²) in [7, 11) is -3.49. The topological polar surface area (TPSA) is 83.6 Å². The number of aryl methyl sites for hydroxylation is 2. The quantitative estimate of drug-likeness (QED) is 0.445. The van der Waals surface area contributed by atoms with E-state index in [-0.39, 0.29) is 10.0 Å². The molecule has 4 nitrogen and oxygen atoms in total. The first-order valence-electron chi connectivity index (χ1n) is 7.86. The van der Waals surface area contributed by atoms with Crippen molar-refractivity contribution in [1.82, 2.24) is 0 Å². The number of hydrogen-bond donors (Lipinski definition) is 3. The third-order valence-corrected chi connectivity index (χ3v) is 7.45. The molecule has 1 aromatic heterocycles. The summed E-state index contributed by atoms with van der Waals surface area (Å²) in [5.74, 6) is -0.657. The first-order chi connectivity index (χ1) is 12.7. The predicted molar refractivity (Wildman–Crippen MR) is 107 cm³/mol. The summed E-state index contributed by atoms with van der Waals surface area (Å²) in [5, 5.41) is 0.408. The van der Waals surface area contributed by atoms with E-state index in [0.29, 0.717) is 28.5 Å². The van der Waals surface area contributed by atoms with Gasteiger partial charge in [-0.2, -0.15) is 8.78 Å². The highest BCUT2D eigenvalue weighted by Crippen LogP contribution is 2.58. The van der Waals surface area contributed by atoms with Gasteiger partial charge in [0.2, 0.25) is 14.3 Å². The number of rotatable bonds is 6. The molecule has 2 aromatic carbocycles. The van der Waals surface area contributed by atoms with Crippen LogP contribution in [-0.2, 0) is 18.5 Å². The number of carbonyl (C=O) groups is 1. The van der Waals surface area contributed by atoms with Gasteiger partial charge >= 0.3 is 5.66 Å². The van der Waals surface area contributed by atoms with Crippen LogP contribution in [0.5, 0.6) is 0 Å². The van der Waals surface area contributed by atoms with Gasteiger partial charge in [-0.1, -0.05) is 30.3 Å². The highest BCUT2D eigenvalue weighted by Gasteiger charge is 2.44. The van der Waals surface area contributed by atoms with E-state index < -0.39 is 24.8 Å². The zero-order valence-corrected chi connectivity index (χ0v) is 17.1. The van der Waals surface area contributed by atoms with E-state index in [9.17, 15) is 13.6 Å². The van der Waals surface area contributed by atoms with Crippen molar-refractivity contribution in [2.45, 2.75) is 18.5 Å². The summed E-state index contributed by atoms with van der Waals surface area (Å²) >= 11 is 3.92. The maximum atomic E-state index is 14.2. The fraction of sp³-hybridized carbons (Fsp3) is 0.167. The Labute approximate surface area is 167 Å². The molecule has 27 heavy (non-hydrogen) atoms. The molecular weight excluding hydrogens is 459 g/mol. The van der Waals surface area contributed by atoms with Crippen LogP contribution < -0.4 is 5.73 Å². The molecule has 0 radical (unpaired) electrons. The molecule has 0 aliphatic heterocycles. The van der Waals surface area contributed by atoms with Gasteiger partial charge in [-0.05, 0) is 52.0 Å². The second-order valence-corrected chi connectivity index (χ2v) is 8.89. The van der Waals surface area contributed by atoms with Crippen molar-refractivity contribution in [2.75, 3.05) is 0 Å². The molecule has 0 aliphatic carbocycles. The number of carbonyl (C=O) groups excluding carboxylic acids is 1. The predicted octanol–water partition coefficient (Wildman–Crippen LogP) is 4.89. The number of amides is 1. The molecular formula is C18H15BrF2NO3PS. The second kappa shape index (κ2) is 7.89. The second-order valence-electron chi connectivity index (χ2n) is 5.94. The number of alkyl halides is 2. The van der Waals surface area contributed by atoms with Crippen LogP contribution >= 0.6 is 35.6 Å². The minimum Gasteiger partial charge on any atom is -0.366 e. The Bertz CT molecular complexity index is 995. The van der Waals surface area contributed by atoms with Gasteiger partial charge in [-0.15, -0.1) is 11.3 Å². The van der Waals surface area contributed by atoms with Gasteiger partial charge < -0.3 is 15.5 Å². The molecule has 0 spiro atoms. The minimum atomic E-state index is -3.78. The fourth-order valence-electron chi connectivity index (χ4n) is 2.78. The Balaban J connectivity index is 2.12. The SMILES string of the molecule is NC(=O)c1cc(CCc2ccccc2)c2sc(C(F)(F)P(O)O)c(Br)c2c1. The summed E-state index contributed by atoms with van der Waals surface area (Å²) < 4.78 is 29.1. The van der Waals surface area contributed by atoms with Crippen LogP contribution in [0.2, 0.25) is 0 Å². The molecule has 142 valence electrons. The molecule has 3 rings (SSSR count). The van der Waals surface area contributed by atoms with Gasteiger partial charge in [0.1, 0.15) is 0 Å². The molecule has 3 aromatic rings. The van der Waals surface area contributed by atoms with Crippen LogP contribution in [0.25, 0.3) is 10.1 Å². The molecule has 0 atom stereocenters. The standard InChI is InChI=1S/C18H15BrF2NO3PS/c19-14-13-9-12(17(22)23)8-11(7-6-10-4-2-1-3-5-10)15(13)27-16(14)18(20,21)26(24)25/h1-5,8-9,24-25H,6-7H2,(H2,22,23). The molecule has 0 aliphatic rings. The molecule has 0 fully saturated rings. The van der Waals surface area contributed by atoms with E-state index >= 15 is 0 Å². The largest absolute Gasteiger partial charge is 0.366 e. The molecule has 0 saturated heterocycles. The Kier molecular flexibility index (Phi) is 5.93. The van der Waals surface area contributed by atoms with Gasteiger partial charge in [0, 0.05) is 20.1 Å². The van der Waals surface area contributed by atoms with Gasteiger partial charge in [-0.25, -0.2) is 0 Å². The van der Waals surface area contributed by atoms with Crippen molar-refractivity contribution in [1.29, 1.82) is 0 Å². The lowest BCUT2D eigenvalue weighted by molar-refractivity contribution is 0.0766. The summed E-state index contributed by atoms with van der Waals surface area (Å²) in [6.45, 7) is 0. The first kappa shape index (κ1) is 20.3. The van der Waals surface area contributed by atoms with E-state index in [1.807, 2.05) is 30.3 Å². The zero-order valence-electron chi connectivity index (χ0n) is 13.8. The van der Waals surface area contributed by atoms with Gasteiger partial charge in [0.25, 0.3) is 0 Å². The number of nitrogens with two attached hydrogens (primary N) is 1. The van der Waals surface area contributed by atoms with Crippen molar-refractivity contribution in [3.05, 3.63) is 68.5 Å². The van der Waals surface area contributed by atoms with E-state index in [1.54, 1.807) is 6.07 Å². The third kappa shape index (κ3) is 4.05. The maximum absolute atomic E-state index is 14.2. The van der Waals surface area contributed by atoms with Crippen LogP contribution in [-0.4, -0.2) is 15.7 Å². The Morgan fingerprint density at radius 2 is 1.85 bits per heavy atom. The summed E-state index contributed by atoms with van der Waals surface area (Å²) in [6.07, 6.45) is 1.18. The normalized spacial score (nSPS) is 12.1. The van der Waals surface area contributed by atoms with Gasteiger partial charge in [0.15, 0.2) is 0 Å². The van der Waals surface area contributed by atoms with E-state index in [0.717, 1.165) is 16.9 Å². The Hall–Kier alpha value is -1.44. The lowest BCUT2D eigenvalue weighted by Crippen LogP contribution is -2.11. The Morgan fingerprint density at radius 1 is 1.19 bits per heavy atom. The number of thiophene rings is 1. The average Bonchev–Trinajstić information content (AvgIpc) is 2.98. The molecule has 0 saturated carbocycles. The lowest BCUT2D eigenvalue weighted by atomic mass is 10.0. The number of hydrogen-bond acceptors (Lipinski definition) is 4. The van der Waals surface area contributed by atoms with Crippen molar-refractivity contribution >= 4 is 51.6 Å². The molecule has 0 unspecified atom stereocenters. The van der Waals surface area contributed by atoms with Crippen LogP contribution in [0.3, 0.4) is 0 Å². The molecule has 9 heteroatoms. The summed E-state index contributed by atoms with van der Waals surface area (Å²) in [6, 6.07) is 12.7. The molecule has 1 amide bonds. The summed E-state index contributed by atoms with van der Waals surface area (Å²) in [4.78, 5) is 29.5. The lowest BCUT2D eigenvalue weighted by Gasteiger charge is -2.15. The third-order valence-electron chi connectivity index (χ3n) is 4.14. The monoisotopic (exact) mass is 473 g/mol. The summed E-state index contributed by atoms with van der Waals surface area (Å²) in [5.41, 5.74) is 3.62. The van der Waals surface area contributed by atoms with Crippen molar-refractivity contribution in [3.63, 3.8) is 0 Å². The minimum absolute atomic E-state index is 0.0483. The number of halogens is 3. The van der Waals surface area contributed by atoms with Crippen molar-refractivity contribution in [3.8, 4) is 0 Å². The van der Waals surface area contributed by atoms with Crippen LogP contribution in [0.15, 0.2) is 46.9 Å². The van der Waals surface area contributed by atoms with Crippen molar-refractivity contribution < 1.29 is 23.4 Å². The zero-order chi connectivity index (χ0) is 19.8. The van der Waals surface area contributed by atoms with Crippen LogP contribution in [0, 0.1) is 0 Å². The highest BCUT2D eigenvalue weighted by molar-refractivity contribution is 9.10. The van der Waals surface area contributed by atoms with E-state index in [2.05, 4.69) is 15.9 Å². The molecule has 1 heterocycles. The van der Waals surface area contributed by atoms with Gasteiger partial charge in [-0.3, -0.25) is 4.79 Å². The molecule has 0 bridgehead atoms. The van der Waals surface area contributed by atoms with Crippen molar-refractivity contribution in [2.24, 2.45) is 5.73 Å². The Morgan fingerprint density at radius 3 is 2.44 bits per heavy atom. The highest BCUT2D eigenvalue weighted by atomic mass is 79.9. The number of benzene rings is 2. The smallest absolute Gasteiger partial charge is 0.349 e. The number of primary amides is 1. The average molecular weight is 474 g/mol. The van der Waals surface area contributed by atoms with Gasteiger partial charge in [0.05, 0.1) is 4.88 Å². The maximum Gasteiger partial charge on any atom is 0.349 e.